The zero-order chi connectivity index (χ0) is 16.3. The van der Waals surface area contributed by atoms with Crippen molar-refractivity contribution in [3.05, 3.63) is 34.3 Å². The van der Waals surface area contributed by atoms with Gasteiger partial charge in [0.05, 0.1) is 16.8 Å². The third kappa shape index (κ3) is 5.20. The van der Waals surface area contributed by atoms with Crippen LogP contribution in [0.4, 0.5) is 0 Å². The highest BCUT2D eigenvalue weighted by molar-refractivity contribution is 7.09. The maximum absolute atomic E-state index is 6.56. The molecule has 21 heavy (non-hydrogen) atoms. The van der Waals surface area contributed by atoms with Crippen molar-refractivity contribution in [1.29, 1.82) is 0 Å². The molecule has 1 heterocycles. The molecule has 0 unspecified atom stereocenters. The molecular formula is C17H29NOSSi. The molecule has 0 radical (unpaired) electrons. The van der Waals surface area contributed by atoms with Gasteiger partial charge in [0.15, 0.2) is 8.32 Å². The first-order valence-electron chi connectivity index (χ1n) is 7.46. The molecule has 0 spiro atoms. The van der Waals surface area contributed by atoms with Crippen molar-refractivity contribution < 1.29 is 4.43 Å². The van der Waals surface area contributed by atoms with E-state index in [0.29, 0.717) is 0 Å². The van der Waals surface area contributed by atoms with Gasteiger partial charge in [0.2, 0.25) is 0 Å². The second kappa shape index (κ2) is 7.03. The van der Waals surface area contributed by atoms with Crippen LogP contribution in [0.15, 0.2) is 23.6 Å². The molecule has 118 valence electrons. The standard InChI is InChI=1S/C17H29NOSSi/c1-9-10-16(19-21(7,8)17(4,5)6)13(2)11-15-12-20-14(3)18-15/h9,11-12,16H,1,10H2,2-8H3/b13-11+/t16-/m0/s1. The lowest BCUT2D eigenvalue weighted by atomic mass is 10.1. The first kappa shape index (κ1) is 18.3. The predicted molar refractivity (Wildman–Crippen MR) is 97.4 cm³/mol. The van der Waals surface area contributed by atoms with Crippen molar-refractivity contribution >= 4 is 25.7 Å². The lowest BCUT2D eigenvalue weighted by Crippen LogP contribution is -2.44. The van der Waals surface area contributed by atoms with E-state index in [2.05, 4.69) is 63.8 Å². The number of nitrogens with zero attached hydrogens (tertiary/aromatic N) is 1. The molecule has 1 aromatic rings. The topological polar surface area (TPSA) is 22.1 Å². The molecule has 0 N–H and O–H groups in total. The van der Waals surface area contributed by atoms with E-state index in [0.717, 1.165) is 17.1 Å². The van der Waals surface area contributed by atoms with Crippen molar-refractivity contribution in [2.45, 2.75) is 65.3 Å². The van der Waals surface area contributed by atoms with Crippen LogP contribution in [0.2, 0.25) is 18.1 Å². The molecule has 1 aromatic heterocycles. The van der Waals surface area contributed by atoms with Gasteiger partial charge in [-0.2, -0.15) is 0 Å². The Morgan fingerprint density at radius 3 is 2.52 bits per heavy atom. The fourth-order valence-corrected chi connectivity index (χ4v) is 3.70. The minimum absolute atomic E-state index is 0.102. The van der Waals surface area contributed by atoms with Crippen molar-refractivity contribution in [2.75, 3.05) is 0 Å². The minimum atomic E-state index is -1.79. The monoisotopic (exact) mass is 323 g/mol. The summed E-state index contributed by atoms with van der Waals surface area (Å²) >= 11 is 1.68. The summed E-state index contributed by atoms with van der Waals surface area (Å²) in [4.78, 5) is 4.51. The highest BCUT2D eigenvalue weighted by Gasteiger charge is 2.39. The van der Waals surface area contributed by atoms with Crippen molar-refractivity contribution in [1.82, 2.24) is 4.98 Å². The average molecular weight is 324 g/mol. The van der Waals surface area contributed by atoms with Crippen LogP contribution in [0.5, 0.6) is 0 Å². The highest BCUT2D eigenvalue weighted by atomic mass is 32.1. The van der Waals surface area contributed by atoms with Crippen molar-refractivity contribution in [3.63, 3.8) is 0 Å². The van der Waals surface area contributed by atoms with Crippen LogP contribution < -0.4 is 0 Å². The summed E-state index contributed by atoms with van der Waals surface area (Å²) in [7, 11) is -1.79. The Morgan fingerprint density at radius 2 is 2.10 bits per heavy atom. The van der Waals surface area contributed by atoms with Crippen LogP contribution in [-0.4, -0.2) is 19.4 Å². The molecule has 1 rings (SSSR count). The Morgan fingerprint density at radius 1 is 1.48 bits per heavy atom. The molecular weight excluding hydrogens is 294 g/mol. The third-order valence-corrected chi connectivity index (χ3v) is 9.42. The Balaban J connectivity index is 2.96. The molecule has 2 nitrogen and oxygen atoms in total. The Kier molecular flexibility index (Phi) is 6.14. The number of rotatable bonds is 6. The molecule has 0 aromatic carbocycles. The fraction of sp³-hybridized carbons (Fsp3) is 0.588. The molecule has 0 saturated heterocycles. The van der Waals surface area contributed by atoms with E-state index in [1.165, 1.54) is 5.57 Å². The average Bonchev–Trinajstić information content (AvgIpc) is 2.72. The smallest absolute Gasteiger partial charge is 0.192 e. The Hall–Kier alpha value is -0.713. The van der Waals surface area contributed by atoms with Crippen LogP contribution in [0.3, 0.4) is 0 Å². The van der Waals surface area contributed by atoms with Gasteiger partial charge in [-0.1, -0.05) is 26.8 Å². The first-order chi connectivity index (χ1) is 9.56. The number of thiazole rings is 1. The fourth-order valence-electron chi connectivity index (χ4n) is 1.78. The minimum Gasteiger partial charge on any atom is -0.410 e. The van der Waals surface area contributed by atoms with Gasteiger partial charge in [0.1, 0.15) is 0 Å². The lowest BCUT2D eigenvalue weighted by Gasteiger charge is -2.39. The summed E-state index contributed by atoms with van der Waals surface area (Å²) in [5.74, 6) is 0. The summed E-state index contributed by atoms with van der Waals surface area (Å²) in [6.45, 7) is 19.5. The summed E-state index contributed by atoms with van der Waals surface area (Å²) in [6, 6.07) is 0. The van der Waals surface area contributed by atoms with Crippen molar-refractivity contribution in [3.8, 4) is 0 Å². The van der Waals surface area contributed by atoms with Gasteiger partial charge in [-0.05, 0) is 50.0 Å². The van der Waals surface area contributed by atoms with E-state index in [9.17, 15) is 0 Å². The maximum atomic E-state index is 6.56. The first-order valence-corrected chi connectivity index (χ1v) is 11.2. The third-order valence-electron chi connectivity index (χ3n) is 4.14. The normalized spacial score (nSPS) is 15.1. The SMILES string of the molecule is C=CC[C@H](O[Si](C)(C)C(C)(C)C)/C(C)=C/c1csc(C)n1. The van der Waals surface area contributed by atoms with Crippen LogP contribution in [0.1, 0.15) is 44.8 Å². The quantitative estimate of drug-likeness (QED) is 0.486. The largest absolute Gasteiger partial charge is 0.410 e. The number of aryl methyl sites for hydroxylation is 1. The van der Waals surface area contributed by atoms with Gasteiger partial charge in [0.25, 0.3) is 0 Å². The van der Waals surface area contributed by atoms with Crippen LogP contribution in [-0.2, 0) is 4.43 Å². The molecule has 0 bridgehead atoms. The van der Waals surface area contributed by atoms with E-state index < -0.39 is 8.32 Å². The van der Waals surface area contributed by atoms with E-state index in [-0.39, 0.29) is 11.1 Å². The molecule has 1 atom stereocenters. The van der Waals surface area contributed by atoms with Crippen LogP contribution in [0.25, 0.3) is 6.08 Å². The molecule has 0 aliphatic rings. The molecule has 0 fully saturated rings. The van der Waals surface area contributed by atoms with E-state index >= 15 is 0 Å². The maximum Gasteiger partial charge on any atom is 0.192 e. The van der Waals surface area contributed by atoms with Crippen LogP contribution in [0, 0.1) is 6.92 Å². The summed E-state index contributed by atoms with van der Waals surface area (Å²) in [5, 5.41) is 3.40. The number of hydrogen-bond acceptors (Lipinski definition) is 3. The molecule has 0 saturated carbocycles. The Bertz CT molecular complexity index is 511. The lowest BCUT2D eigenvalue weighted by molar-refractivity contribution is 0.218. The van der Waals surface area contributed by atoms with Crippen molar-refractivity contribution in [2.24, 2.45) is 0 Å². The second-order valence-electron chi connectivity index (χ2n) is 7.07. The molecule has 0 aliphatic carbocycles. The summed E-state index contributed by atoms with van der Waals surface area (Å²) in [6.07, 6.45) is 5.04. The van der Waals surface area contributed by atoms with E-state index in [1.54, 1.807) is 11.3 Å². The van der Waals surface area contributed by atoms with Gasteiger partial charge >= 0.3 is 0 Å². The Labute approximate surface area is 135 Å². The predicted octanol–water partition coefficient (Wildman–Crippen LogP) is 5.82. The molecule has 0 aliphatic heterocycles. The van der Waals surface area contributed by atoms with Gasteiger partial charge in [-0.3, -0.25) is 0 Å². The van der Waals surface area contributed by atoms with Gasteiger partial charge in [-0.15, -0.1) is 17.9 Å². The number of hydrogen-bond donors (Lipinski definition) is 0. The molecule has 4 heteroatoms. The van der Waals surface area contributed by atoms with Gasteiger partial charge in [0, 0.05) is 5.38 Å². The molecule has 0 amide bonds. The van der Waals surface area contributed by atoms with Crippen LogP contribution >= 0.6 is 11.3 Å². The van der Waals surface area contributed by atoms with Gasteiger partial charge in [-0.25, -0.2) is 4.98 Å². The second-order valence-corrected chi connectivity index (χ2v) is 12.9. The van der Waals surface area contributed by atoms with E-state index in [4.69, 9.17) is 4.43 Å². The number of aromatic nitrogens is 1. The summed E-state index contributed by atoms with van der Waals surface area (Å²) < 4.78 is 6.56. The highest BCUT2D eigenvalue weighted by Crippen LogP contribution is 2.38. The zero-order valence-electron chi connectivity index (χ0n) is 14.5. The van der Waals surface area contributed by atoms with E-state index in [1.807, 2.05) is 13.0 Å². The zero-order valence-corrected chi connectivity index (χ0v) is 16.3. The van der Waals surface area contributed by atoms with Gasteiger partial charge < -0.3 is 4.43 Å². The summed E-state index contributed by atoms with van der Waals surface area (Å²) in [5.41, 5.74) is 2.26.